The molecule has 0 radical (unpaired) electrons. The number of rotatable bonds is 6. The lowest BCUT2D eigenvalue weighted by Gasteiger charge is -2.12. The third kappa shape index (κ3) is 4.02. The number of hydrogen-bond donors (Lipinski definition) is 3. The Morgan fingerprint density at radius 1 is 1.04 bits per heavy atom. The van der Waals surface area contributed by atoms with Gasteiger partial charge in [-0.15, -0.1) is 0 Å². The molecule has 0 bridgehead atoms. The van der Waals surface area contributed by atoms with Gasteiger partial charge in [-0.3, -0.25) is 0 Å². The van der Waals surface area contributed by atoms with Crippen LogP contribution in [0.4, 0.5) is 17.5 Å². The van der Waals surface area contributed by atoms with Gasteiger partial charge in [0.15, 0.2) is 5.82 Å². The fourth-order valence-electron chi connectivity index (χ4n) is 2.11. The van der Waals surface area contributed by atoms with Crippen LogP contribution in [0.15, 0.2) is 55.0 Å². The van der Waals surface area contributed by atoms with Gasteiger partial charge < -0.3 is 16.4 Å². The molecule has 0 unspecified atom stereocenters. The fourth-order valence-corrected chi connectivity index (χ4v) is 2.11. The first-order valence-corrected chi connectivity index (χ1v) is 7.69. The molecule has 122 valence electrons. The zero-order valence-corrected chi connectivity index (χ0v) is 13.3. The summed E-state index contributed by atoms with van der Waals surface area (Å²) in [4.78, 5) is 17.2. The molecule has 0 saturated carbocycles. The summed E-state index contributed by atoms with van der Waals surface area (Å²) in [7, 11) is 0. The van der Waals surface area contributed by atoms with Crippen molar-refractivity contribution in [2.24, 2.45) is 5.73 Å². The van der Waals surface area contributed by atoms with Crippen molar-refractivity contribution in [3.05, 3.63) is 55.0 Å². The molecule has 7 heteroatoms. The summed E-state index contributed by atoms with van der Waals surface area (Å²) in [6, 6.07) is 11.6. The molecule has 1 aromatic carbocycles. The van der Waals surface area contributed by atoms with Crippen LogP contribution in [0.2, 0.25) is 0 Å². The van der Waals surface area contributed by atoms with Crippen LogP contribution in [0.25, 0.3) is 11.4 Å². The van der Waals surface area contributed by atoms with Crippen molar-refractivity contribution in [3.63, 3.8) is 0 Å². The van der Waals surface area contributed by atoms with E-state index < -0.39 is 0 Å². The van der Waals surface area contributed by atoms with Crippen LogP contribution >= 0.6 is 0 Å². The Balaban J connectivity index is 1.78. The zero-order chi connectivity index (χ0) is 16.8. The molecule has 0 amide bonds. The van der Waals surface area contributed by atoms with Gasteiger partial charge in [0.05, 0.1) is 0 Å². The second-order valence-electron chi connectivity index (χ2n) is 5.32. The van der Waals surface area contributed by atoms with E-state index in [1.165, 1.54) is 0 Å². The van der Waals surface area contributed by atoms with Gasteiger partial charge in [0.2, 0.25) is 5.95 Å². The number of nitrogens with zero attached hydrogens (tertiary/aromatic N) is 4. The van der Waals surface area contributed by atoms with E-state index in [9.17, 15) is 0 Å². The highest BCUT2D eigenvalue weighted by Crippen LogP contribution is 2.21. The minimum absolute atomic E-state index is 0.110. The van der Waals surface area contributed by atoms with Gasteiger partial charge in [-0.1, -0.05) is 12.1 Å². The number of nitrogens with two attached hydrogens (primary N) is 1. The second kappa shape index (κ2) is 7.47. The quantitative estimate of drug-likeness (QED) is 0.641. The Kier molecular flexibility index (Phi) is 4.93. The summed E-state index contributed by atoms with van der Waals surface area (Å²) in [5, 5.41) is 6.42. The smallest absolute Gasteiger partial charge is 0.224 e. The van der Waals surface area contributed by atoms with E-state index in [2.05, 4.69) is 30.6 Å². The number of benzene rings is 1. The van der Waals surface area contributed by atoms with E-state index in [-0.39, 0.29) is 6.04 Å². The minimum Gasteiger partial charge on any atom is -0.350 e. The molecule has 7 nitrogen and oxygen atoms in total. The van der Waals surface area contributed by atoms with Gasteiger partial charge >= 0.3 is 0 Å². The van der Waals surface area contributed by atoms with E-state index >= 15 is 0 Å². The van der Waals surface area contributed by atoms with Crippen molar-refractivity contribution in [3.8, 4) is 11.4 Å². The maximum absolute atomic E-state index is 5.61. The molecule has 0 fully saturated rings. The van der Waals surface area contributed by atoms with E-state index in [4.69, 9.17) is 5.73 Å². The Bertz CT molecular complexity index is 792. The lowest BCUT2D eigenvalue weighted by molar-refractivity contribution is 0.791. The van der Waals surface area contributed by atoms with Crippen LogP contribution in [0.3, 0.4) is 0 Å². The highest BCUT2D eigenvalue weighted by molar-refractivity contribution is 5.66. The molecule has 1 atom stereocenters. The predicted molar refractivity (Wildman–Crippen MR) is 94.9 cm³/mol. The van der Waals surface area contributed by atoms with Gasteiger partial charge in [0.25, 0.3) is 0 Å². The summed E-state index contributed by atoms with van der Waals surface area (Å²) < 4.78 is 0. The molecular formula is C17H19N7. The highest BCUT2D eigenvalue weighted by Gasteiger charge is 2.05. The standard InChI is InChI=1S/C17H19N7/c1-12(11-18)22-17-21-9-6-15(24-17)23-14-5-2-4-13(10-14)16-19-7-3-8-20-16/h2-10,12H,11,18H2,1H3,(H2,21,22,23,24)/t12-/m1/s1. The zero-order valence-electron chi connectivity index (χ0n) is 13.3. The summed E-state index contributed by atoms with van der Waals surface area (Å²) in [6.45, 7) is 2.49. The molecule has 0 aliphatic rings. The Morgan fingerprint density at radius 2 is 1.88 bits per heavy atom. The lowest BCUT2D eigenvalue weighted by atomic mass is 10.2. The molecule has 0 spiro atoms. The first-order valence-electron chi connectivity index (χ1n) is 7.69. The summed E-state index contributed by atoms with van der Waals surface area (Å²) in [5.74, 6) is 1.92. The number of nitrogens with one attached hydrogen (secondary N) is 2. The van der Waals surface area contributed by atoms with Crippen molar-refractivity contribution in [2.45, 2.75) is 13.0 Å². The van der Waals surface area contributed by atoms with Crippen LogP contribution in [0.5, 0.6) is 0 Å². The minimum atomic E-state index is 0.110. The van der Waals surface area contributed by atoms with Crippen molar-refractivity contribution in [1.29, 1.82) is 0 Å². The molecule has 0 aliphatic heterocycles. The molecule has 3 aromatic rings. The maximum Gasteiger partial charge on any atom is 0.224 e. The Morgan fingerprint density at radius 3 is 2.67 bits per heavy atom. The van der Waals surface area contributed by atoms with Crippen molar-refractivity contribution < 1.29 is 0 Å². The van der Waals surface area contributed by atoms with E-state index in [1.54, 1.807) is 24.7 Å². The molecular weight excluding hydrogens is 302 g/mol. The molecule has 3 rings (SSSR count). The van der Waals surface area contributed by atoms with Gasteiger partial charge in [-0.25, -0.2) is 15.0 Å². The second-order valence-corrected chi connectivity index (χ2v) is 5.32. The average molecular weight is 321 g/mol. The number of hydrogen-bond acceptors (Lipinski definition) is 7. The normalized spacial score (nSPS) is 11.8. The van der Waals surface area contributed by atoms with Crippen LogP contribution in [-0.4, -0.2) is 32.5 Å². The maximum atomic E-state index is 5.61. The highest BCUT2D eigenvalue weighted by atomic mass is 15.2. The Labute approximate surface area is 140 Å². The van der Waals surface area contributed by atoms with Gasteiger partial charge in [0, 0.05) is 42.4 Å². The van der Waals surface area contributed by atoms with E-state index in [1.807, 2.05) is 37.3 Å². The Hall–Kier alpha value is -3.06. The van der Waals surface area contributed by atoms with E-state index in [0.717, 1.165) is 11.3 Å². The summed E-state index contributed by atoms with van der Waals surface area (Å²) >= 11 is 0. The number of anilines is 3. The van der Waals surface area contributed by atoms with Crippen LogP contribution in [-0.2, 0) is 0 Å². The molecule has 24 heavy (non-hydrogen) atoms. The molecule has 4 N–H and O–H groups in total. The van der Waals surface area contributed by atoms with Crippen LogP contribution in [0, 0.1) is 0 Å². The summed E-state index contributed by atoms with van der Waals surface area (Å²) in [5.41, 5.74) is 7.44. The topological polar surface area (TPSA) is 102 Å². The average Bonchev–Trinajstić information content (AvgIpc) is 2.63. The van der Waals surface area contributed by atoms with Crippen molar-refractivity contribution in [2.75, 3.05) is 17.2 Å². The van der Waals surface area contributed by atoms with Crippen LogP contribution in [0.1, 0.15) is 6.92 Å². The molecule has 2 heterocycles. The lowest BCUT2D eigenvalue weighted by Crippen LogP contribution is -2.26. The number of aromatic nitrogens is 4. The molecule has 0 saturated heterocycles. The molecule has 2 aromatic heterocycles. The largest absolute Gasteiger partial charge is 0.350 e. The SMILES string of the molecule is C[C@H](CN)Nc1nccc(Nc2cccc(-c3ncccn3)c2)n1. The molecule has 0 aliphatic carbocycles. The first-order chi connectivity index (χ1) is 11.7. The third-order valence-corrected chi connectivity index (χ3v) is 3.34. The van der Waals surface area contributed by atoms with Gasteiger partial charge in [-0.05, 0) is 31.2 Å². The summed E-state index contributed by atoms with van der Waals surface area (Å²) in [6.07, 6.45) is 5.15. The fraction of sp³-hybridized carbons (Fsp3) is 0.176. The monoisotopic (exact) mass is 321 g/mol. The van der Waals surface area contributed by atoms with Crippen LogP contribution < -0.4 is 16.4 Å². The van der Waals surface area contributed by atoms with Crippen molar-refractivity contribution >= 4 is 17.5 Å². The predicted octanol–water partition coefficient (Wildman–Crippen LogP) is 2.44. The van der Waals surface area contributed by atoms with E-state index in [0.29, 0.717) is 24.1 Å². The van der Waals surface area contributed by atoms with Crippen molar-refractivity contribution in [1.82, 2.24) is 19.9 Å². The van der Waals surface area contributed by atoms with Gasteiger partial charge in [0.1, 0.15) is 5.82 Å². The van der Waals surface area contributed by atoms with Gasteiger partial charge in [-0.2, -0.15) is 4.98 Å². The third-order valence-electron chi connectivity index (χ3n) is 3.34. The first kappa shape index (κ1) is 15.8.